The number of carbonyl (C=O) groups excluding carboxylic acids is 2. The first-order valence-corrected chi connectivity index (χ1v) is 11.1. The van der Waals surface area contributed by atoms with E-state index in [1.807, 2.05) is 19.1 Å². The van der Waals surface area contributed by atoms with Gasteiger partial charge in [-0.05, 0) is 49.1 Å². The van der Waals surface area contributed by atoms with Crippen LogP contribution >= 0.6 is 0 Å². The van der Waals surface area contributed by atoms with Gasteiger partial charge in [-0.1, -0.05) is 36.8 Å². The Morgan fingerprint density at radius 3 is 2.24 bits per heavy atom. The number of nitrogens with zero attached hydrogens (tertiary/aromatic N) is 1. The number of amides is 2. The summed E-state index contributed by atoms with van der Waals surface area (Å²) in [7, 11) is -3.48. The van der Waals surface area contributed by atoms with Crippen molar-refractivity contribution in [2.75, 3.05) is 18.4 Å². The van der Waals surface area contributed by atoms with Crippen LogP contribution in [0.25, 0.3) is 0 Å². The zero-order valence-electron chi connectivity index (χ0n) is 16.3. The molecule has 2 N–H and O–H groups in total. The maximum atomic E-state index is 12.7. The van der Waals surface area contributed by atoms with Crippen LogP contribution in [0.15, 0.2) is 53.4 Å². The number of anilines is 1. The van der Waals surface area contributed by atoms with E-state index in [0.29, 0.717) is 24.3 Å². The Balaban J connectivity index is 1.56. The highest BCUT2D eigenvalue weighted by atomic mass is 32.2. The lowest BCUT2D eigenvalue weighted by atomic mass is 10.2. The highest BCUT2D eigenvalue weighted by Gasteiger charge is 2.25. The van der Waals surface area contributed by atoms with Crippen LogP contribution in [0.3, 0.4) is 0 Å². The Labute approximate surface area is 171 Å². The molecular weight excluding hydrogens is 390 g/mol. The van der Waals surface area contributed by atoms with Gasteiger partial charge in [-0.25, -0.2) is 8.42 Å². The van der Waals surface area contributed by atoms with Crippen molar-refractivity contribution in [3.8, 4) is 0 Å². The van der Waals surface area contributed by atoms with Crippen molar-refractivity contribution >= 4 is 27.5 Å². The summed E-state index contributed by atoms with van der Waals surface area (Å²) in [6.45, 7) is 3.07. The van der Waals surface area contributed by atoms with Gasteiger partial charge in [-0.3, -0.25) is 9.59 Å². The largest absolute Gasteiger partial charge is 0.344 e. The molecule has 0 unspecified atom stereocenters. The molecule has 2 aromatic rings. The Bertz CT molecular complexity index is 981. The summed E-state index contributed by atoms with van der Waals surface area (Å²) in [6, 6.07) is 13.6. The predicted octanol–water partition coefficient (Wildman–Crippen LogP) is 2.42. The summed E-state index contributed by atoms with van der Waals surface area (Å²) in [4.78, 5) is 24.3. The first kappa shape index (κ1) is 21.0. The molecule has 2 amide bonds. The molecule has 154 valence electrons. The zero-order chi connectivity index (χ0) is 20.9. The van der Waals surface area contributed by atoms with Crippen molar-refractivity contribution in [2.24, 2.45) is 0 Å². The van der Waals surface area contributed by atoms with Crippen LogP contribution in [-0.4, -0.2) is 37.6 Å². The van der Waals surface area contributed by atoms with Crippen molar-refractivity contribution in [1.82, 2.24) is 9.62 Å². The lowest BCUT2D eigenvalue weighted by Crippen LogP contribution is -2.35. The lowest BCUT2D eigenvalue weighted by Gasteiger charge is -2.25. The number of hydrogen-bond donors (Lipinski definition) is 2. The molecule has 0 spiro atoms. The van der Waals surface area contributed by atoms with Crippen LogP contribution in [0.1, 0.15) is 30.4 Å². The second-order valence-electron chi connectivity index (χ2n) is 7.06. The minimum atomic E-state index is -3.48. The third kappa shape index (κ3) is 5.21. The third-order valence-corrected chi connectivity index (χ3v) is 6.84. The van der Waals surface area contributed by atoms with Gasteiger partial charge in [0.05, 0.1) is 4.90 Å². The fourth-order valence-electron chi connectivity index (χ4n) is 3.19. The number of hydrogen-bond acceptors (Lipinski definition) is 4. The molecule has 3 rings (SSSR count). The minimum absolute atomic E-state index is 0.129. The smallest absolute Gasteiger partial charge is 0.313 e. The maximum Gasteiger partial charge on any atom is 0.313 e. The van der Waals surface area contributed by atoms with Gasteiger partial charge in [0.25, 0.3) is 0 Å². The van der Waals surface area contributed by atoms with Crippen molar-refractivity contribution in [3.63, 3.8) is 0 Å². The topological polar surface area (TPSA) is 95.6 Å². The molecule has 1 aliphatic rings. The molecule has 2 aromatic carbocycles. The molecule has 1 fully saturated rings. The molecule has 8 heteroatoms. The van der Waals surface area contributed by atoms with Crippen molar-refractivity contribution in [2.45, 2.75) is 37.6 Å². The quantitative estimate of drug-likeness (QED) is 0.733. The minimum Gasteiger partial charge on any atom is -0.344 e. The van der Waals surface area contributed by atoms with E-state index in [9.17, 15) is 18.0 Å². The molecule has 29 heavy (non-hydrogen) atoms. The summed E-state index contributed by atoms with van der Waals surface area (Å²) in [6.07, 6.45) is 2.82. The highest BCUT2D eigenvalue weighted by Crippen LogP contribution is 2.21. The Morgan fingerprint density at radius 2 is 1.59 bits per heavy atom. The first-order valence-electron chi connectivity index (χ1n) is 9.62. The van der Waals surface area contributed by atoms with Crippen LogP contribution in [0, 0.1) is 6.92 Å². The Morgan fingerprint density at radius 1 is 0.931 bits per heavy atom. The van der Waals surface area contributed by atoms with E-state index in [0.717, 1.165) is 24.8 Å². The van der Waals surface area contributed by atoms with Gasteiger partial charge >= 0.3 is 11.8 Å². The van der Waals surface area contributed by atoms with E-state index in [-0.39, 0.29) is 11.4 Å². The number of carbonyl (C=O) groups is 2. The van der Waals surface area contributed by atoms with E-state index >= 15 is 0 Å². The van der Waals surface area contributed by atoms with Crippen LogP contribution < -0.4 is 10.6 Å². The normalized spacial score (nSPS) is 14.9. The molecule has 0 radical (unpaired) electrons. The third-order valence-electron chi connectivity index (χ3n) is 4.93. The summed E-state index contributed by atoms with van der Waals surface area (Å²) in [5.74, 6) is -1.50. The summed E-state index contributed by atoms with van der Waals surface area (Å²) < 4.78 is 26.8. The van der Waals surface area contributed by atoms with Crippen LogP contribution in [0.4, 0.5) is 5.69 Å². The second kappa shape index (κ2) is 9.19. The van der Waals surface area contributed by atoms with E-state index in [2.05, 4.69) is 10.6 Å². The van der Waals surface area contributed by atoms with Crippen LogP contribution in [0.5, 0.6) is 0 Å². The number of piperidine rings is 1. The molecule has 0 aromatic heterocycles. The zero-order valence-corrected chi connectivity index (χ0v) is 17.2. The molecule has 1 aliphatic heterocycles. The number of aryl methyl sites for hydroxylation is 1. The van der Waals surface area contributed by atoms with E-state index in [1.54, 1.807) is 36.4 Å². The maximum absolute atomic E-state index is 12.7. The Hall–Kier alpha value is -2.71. The number of para-hydroxylation sites is 1. The number of sulfonamides is 1. The molecule has 1 saturated heterocycles. The summed E-state index contributed by atoms with van der Waals surface area (Å²) in [5.41, 5.74) is 2.15. The number of rotatable bonds is 5. The SMILES string of the molecule is Cc1ccccc1NC(=O)C(=O)NCc1ccc(S(=O)(=O)N2CCCCC2)cc1. The molecule has 0 atom stereocenters. The lowest BCUT2D eigenvalue weighted by molar-refractivity contribution is -0.136. The molecular formula is C21H25N3O4S. The Kier molecular flexibility index (Phi) is 6.66. The van der Waals surface area contributed by atoms with Gasteiger partial charge < -0.3 is 10.6 Å². The average Bonchev–Trinajstić information content (AvgIpc) is 2.74. The fourth-order valence-corrected chi connectivity index (χ4v) is 4.71. The van der Waals surface area contributed by atoms with Gasteiger partial charge in [0.15, 0.2) is 0 Å². The van der Waals surface area contributed by atoms with Gasteiger partial charge in [-0.15, -0.1) is 0 Å². The highest BCUT2D eigenvalue weighted by molar-refractivity contribution is 7.89. The van der Waals surface area contributed by atoms with Crippen molar-refractivity contribution in [1.29, 1.82) is 0 Å². The molecule has 0 bridgehead atoms. The van der Waals surface area contributed by atoms with Gasteiger partial charge in [-0.2, -0.15) is 4.31 Å². The van der Waals surface area contributed by atoms with Crippen molar-refractivity contribution < 1.29 is 18.0 Å². The van der Waals surface area contributed by atoms with Gasteiger partial charge in [0, 0.05) is 25.3 Å². The summed E-state index contributed by atoms with van der Waals surface area (Å²) >= 11 is 0. The average molecular weight is 416 g/mol. The summed E-state index contributed by atoms with van der Waals surface area (Å²) in [5, 5.41) is 5.12. The van der Waals surface area contributed by atoms with Gasteiger partial charge in [0.2, 0.25) is 10.0 Å². The van der Waals surface area contributed by atoms with E-state index in [4.69, 9.17) is 0 Å². The van der Waals surface area contributed by atoms with Gasteiger partial charge in [0.1, 0.15) is 0 Å². The molecule has 7 nitrogen and oxygen atoms in total. The molecule has 0 aliphatic carbocycles. The standard InChI is InChI=1S/C21H25N3O4S/c1-16-7-3-4-8-19(16)23-21(26)20(25)22-15-17-9-11-18(12-10-17)29(27,28)24-13-5-2-6-14-24/h3-4,7-12H,2,5-6,13-15H2,1H3,(H,22,25)(H,23,26). The number of nitrogens with one attached hydrogen (secondary N) is 2. The predicted molar refractivity (Wildman–Crippen MR) is 111 cm³/mol. The van der Waals surface area contributed by atoms with Crippen LogP contribution in [-0.2, 0) is 26.2 Å². The van der Waals surface area contributed by atoms with E-state index in [1.165, 1.54) is 4.31 Å². The number of benzene rings is 2. The van der Waals surface area contributed by atoms with Crippen LogP contribution in [0.2, 0.25) is 0 Å². The molecule has 0 saturated carbocycles. The van der Waals surface area contributed by atoms with E-state index < -0.39 is 21.8 Å². The van der Waals surface area contributed by atoms with Crippen molar-refractivity contribution in [3.05, 3.63) is 59.7 Å². The monoisotopic (exact) mass is 415 g/mol. The first-order chi connectivity index (χ1) is 13.9. The second-order valence-corrected chi connectivity index (χ2v) is 9.00. The molecule has 1 heterocycles. The fraction of sp³-hybridized carbons (Fsp3) is 0.333.